The van der Waals surface area contributed by atoms with Gasteiger partial charge in [-0.15, -0.1) is 0 Å². The van der Waals surface area contributed by atoms with Gasteiger partial charge in [0, 0.05) is 17.7 Å². The average molecular weight is 342 g/mol. The predicted octanol–water partition coefficient (Wildman–Crippen LogP) is 0.323. The van der Waals surface area contributed by atoms with Gasteiger partial charge in [0.25, 0.3) is 0 Å². The van der Waals surface area contributed by atoms with Crippen LogP contribution in [0.1, 0.15) is 15.9 Å². The third kappa shape index (κ3) is 3.56. The maximum atomic E-state index is 12.3. The molecule has 3 aromatic rings. The van der Waals surface area contributed by atoms with E-state index in [1.54, 1.807) is 0 Å². The maximum Gasteiger partial charge on any atom is 0.227 e. The summed E-state index contributed by atoms with van der Waals surface area (Å²) in [6, 6.07) is 18.0. The third-order valence-electron chi connectivity index (χ3n) is 3.46. The molecule has 0 aliphatic rings. The summed E-state index contributed by atoms with van der Waals surface area (Å²) in [4.78, 5) is 12.3. The van der Waals surface area contributed by atoms with E-state index >= 15 is 0 Å². The average Bonchev–Trinajstić information content (AvgIpc) is 2.49. The molecule has 0 radical (unpaired) electrons. The number of nitrogens with zero attached hydrogens (tertiary/aromatic N) is 1. The zero-order chi connectivity index (χ0) is 13.9. The second-order valence-electron chi connectivity index (χ2n) is 5.03. The lowest BCUT2D eigenvalue weighted by Gasteiger charge is -2.01. The first kappa shape index (κ1) is 15.4. The largest absolute Gasteiger partial charge is 1.00 e. The summed E-state index contributed by atoms with van der Waals surface area (Å²) in [5, 5.41) is 2.26. The molecule has 21 heavy (non-hydrogen) atoms. The van der Waals surface area contributed by atoms with E-state index in [4.69, 9.17) is 0 Å². The van der Waals surface area contributed by atoms with Crippen molar-refractivity contribution in [2.45, 2.75) is 13.5 Å². The second kappa shape index (κ2) is 6.64. The number of pyridine rings is 1. The number of halogens is 1. The normalized spacial score (nSPS) is 10.1. The lowest BCUT2D eigenvalue weighted by molar-refractivity contribution is -0.683. The molecule has 0 N–H and O–H groups in total. The molecule has 0 amide bonds. The number of aryl methyl sites for hydroxylation is 1. The van der Waals surface area contributed by atoms with Crippen LogP contribution in [0.5, 0.6) is 0 Å². The molecular formula is C18H16BrNO. The van der Waals surface area contributed by atoms with E-state index in [9.17, 15) is 4.79 Å². The molecule has 0 saturated carbocycles. The van der Waals surface area contributed by atoms with E-state index in [1.165, 1.54) is 5.56 Å². The predicted molar refractivity (Wildman–Crippen MR) is 79.7 cm³/mol. The number of aromatic nitrogens is 1. The number of hydrogen-bond acceptors (Lipinski definition) is 1. The van der Waals surface area contributed by atoms with E-state index in [0.29, 0.717) is 6.54 Å². The topological polar surface area (TPSA) is 20.9 Å². The Morgan fingerprint density at radius 1 is 0.952 bits per heavy atom. The van der Waals surface area contributed by atoms with Crippen molar-refractivity contribution in [2.75, 3.05) is 0 Å². The Morgan fingerprint density at radius 2 is 1.62 bits per heavy atom. The van der Waals surface area contributed by atoms with Gasteiger partial charge in [-0.1, -0.05) is 36.4 Å². The van der Waals surface area contributed by atoms with Crippen LogP contribution < -0.4 is 21.5 Å². The van der Waals surface area contributed by atoms with Crippen LogP contribution in [-0.2, 0) is 6.54 Å². The molecule has 0 spiro atoms. The van der Waals surface area contributed by atoms with Gasteiger partial charge in [-0.25, -0.2) is 0 Å². The summed E-state index contributed by atoms with van der Waals surface area (Å²) in [5.74, 6) is 0.129. The Balaban J connectivity index is 0.00000161. The zero-order valence-corrected chi connectivity index (χ0v) is 13.4. The molecule has 2 aromatic carbocycles. The first-order valence-electron chi connectivity index (χ1n) is 6.70. The van der Waals surface area contributed by atoms with Crippen LogP contribution in [0.4, 0.5) is 0 Å². The van der Waals surface area contributed by atoms with Crippen LogP contribution in [0.2, 0.25) is 0 Å². The Hall–Kier alpha value is -2.00. The summed E-state index contributed by atoms with van der Waals surface area (Å²) in [7, 11) is 0. The van der Waals surface area contributed by atoms with Crippen LogP contribution in [-0.4, -0.2) is 5.78 Å². The summed E-state index contributed by atoms with van der Waals surface area (Å²) in [5.41, 5.74) is 1.95. The standard InChI is InChI=1S/C18H16NO.BrH/c1-14-8-10-19(11-9-14)13-18(20)17-7-6-15-4-2-3-5-16(15)12-17;/h2-12H,13H2,1H3;1H/q+1;/p-1. The van der Waals surface area contributed by atoms with Crippen molar-refractivity contribution in [3.05, 3.63) is 78.1 Å². The number of Topliss-reactive ketones (excluding diaryl/α,β-unsaturated/α-hetero) is 1. The first-order valence-corrected chi connectivity index (χ1v) is 6.70. The minimum absolute atomic E-state index is 0. The van der Waals surface area contributed by atoms with Crippen LogP contribution in [0.3, 0.4) is 0 Å². The van der Waals surface area contributed by atoms with Crippen molar-refractivity contribution in [1.29, 1.82) is 0 Å². The van der Waals surface area contributed by atoms with Gasteiger partial charge in [0.15, 0.2) is 12.4 Å². The monoisotopic (exact) mass is 341 g/mol. The van der Waals surface area contributed by atoms with Gasteiger partial charge in [-0.05, 0) is 29.3 Å². The van der Waals surface area contributed by atoms with Gasteiger partial charge in [-0.2, -0.15) is 4.57 Å². The number of carbonyl (C=O) groups excluding carboxylic acids is 1. The van der Waals surface area contributed by atoms with Crippen LogP contribution in [0.25, 0.3) is 10.8 Å². The minimum atomic E-state index is 0. The van der Waals surface area contributed by atoms with Crippen molar-refractivity contribution in [2.24, 2.45) is 0 Å². The number of benzene rings is 2. The van der Waals surface area contributed by atoms with Gasteiger partial charge in [0.2, 0.25) is 12.3 Å². The summed E-state index contributed by atoms with van der Waals surface area (Å²) < 4.78 is 1.91. The number of carbonyl (C=O) groups is 1. The molecule has 106 valence electrons. The Labute approximate surface area is 134 Å². The maximum absolute atomic E-state index is 12.3. The van der Waals surface area contributed by atoms with E-state index in [0.717, 1.165) is 16.3 Å². The highest BCUT2D eigenvalue weighted by atomic mass is 79.9. The van der Waals surface area contributed by atoms with Gasteiger partial charge >= 0.3 is 0 Å². The molecule has 1 aromatic heterocycles. The number of ketones is 1. The van der Waals surface area contributed by atoms with Crippen molar-refractivity contribution in [3.8, 4) is 0 Å². The summed E-state index contributed by atoms with van der Waals surface area (Å²) in [6.07, 6.45) is 3.88. The molecule has 0 aliphatic carbocycles. The van der Waals surface area contributed by atoms with Crippen LogP contribution >= 0.6 is 0 Å². The third-order valence-corrected chi connectivity index (χ3v) is 3.46. The number of hydrogen-bond donors (Lipinski definition) is 0. The fourth-order valence-electron chi connectivity index (χ4n) is 2.26. The molecule has 2 nitrogen and oxygen atoms in total. The minimum Gasteiger partial charge on any atom is -1.00 e. The molecule has 0 saturated heterocycles. The van der Waals surface area contributed by atoms with Crippen LogP contribution in [0.15, 0.2) is 67.0 Å². The highest BCUT2D eigenvalue weighted by Gasteiger charge is 2.12. The Kier molecular flexibility index (Phi) is 4.86. The SMILES string of the molecule is Cc1cc[n+](CC(=O)c2ccc3ccccc3c2)cc1.[Br-]. The molecule has 0 fully saturated rings. The quantitative estimate of drug-likeness (QED) is 0.496. The molecule has 0 atom stereocenters. The van der Waals surface area contributed by atoms with Gasteiger partial charge in [0.1, 0.15) is 0 Å². The van der Waals surface area contributed by atoms with Crippen molar-refractivity contribution >= 4 is 16.6 Å². The molecule has 1 heterocycles. The van der Waals surface area contributed by atoms with E-state index in [2.05, 4.69) is 6.07 Å². The van der Waals surface area contributed by atoms with E-state index < -0.39 is 0 Å². The molecule has 0 unspecified atom stereocenters. The number of rotatable bonds is 3. The first-order chi connectivity index (χ1) is 9.72. The van der Waals surface area contributed by atoms with Gasteiger partial charge < -0.3 is 17.0 Å². The highest BCUT2D eigenvalue weighted by molar-refractivity contribution is 5.99. The Morgan fingerprint density at radius 3 is 2.33 bits per heavy atom. The molecular weight excluding hydrogens is 326 g/mol. The molecule has 0 aliphatic heterocycles. The van der Waals surface area contributed by atoms with Crippen molar-refractivity contribution in [3.63, 3.8) is 0 Å². The zero-order valence-electron chi connectivity index (χ0n) is 11.8. The van der Waals surface area contributed by atoms with Crippen LogP contribution in [0, 0.1) is 6.92 Å². The lowest BCUT2D eigenvalue weighted by Crippen LogP contribution is -3.00. The number of fused-ring (bicyclic) bond motifs is 1. The lowest BCUT2D eigenvalue weighted by atomic mass is 10.0. The second-order valence-corrected chi connectivity index (χ2v) is 5.03. The summed E-state index contributed by atoms with van der Waals surface area (Å²) in [6.45, 7) is 2.41. The fourth-order valence-corrected chi connectivity index (χ4v) is 2.26. The highest BCUT2D eigenvalue weighted by Crippen LogP contribution is 2.15. The van der Waals surface area contributed by atoms with Crippen molar-refractivity contribution < 1.29 is 26.3 Å². The Bertz CT molecular complexity index is 766. The molecule has 3 rings (SSSR count). The van der Waals surface area contributed by atoms with Crippen molar-refractivity contribution in [1.82, 2.24) is 0 Å². The molecule has 3 heteroatoms. The van der Waals surface area contributed by atoms with Gasteiger partial charge in [0.05, 0.1) is 0 Å². The smallest absolute Gasteiger partial charge is 0.227 e. The molecule has 0 bridgehead atoms. The van der Waals surface area contributed by atoms with Gasteiger partial charge in [-0.3, -0.25) is 4.79 Å². The van der Waals surface area contributed by atoms with E-state index in [-0.39, 0.29) is 22.8 Å². The summed E-state index contributed by atoms with van der Waals surface area (Å²) >= 11 is 0. The fraction of sp³-hybridized carbons (Fsp3) is 0.111. The van der Waals surface area contributed by atoms with E-state index in [1.807, 2.05) is 72.4 Å².